The zero-order valence-corrected chi connectivity index (χ0v) is 17.8. The Morgan fingerprint density at radius 1 is 1.17 bits per heavy atom. The molecule has 0 saturated carbocycles. The first-order valence-electron chi connectivity index (χ1n) is 9.18. The van der Waals surface area contributed by atoms with Gasteiger partial charge in [-0.3, -0.25) is 19.3 Å². The van der Waals surface area contributed by atoms with Gasteiger partial charge in [-0.1, -0.05) is 28.1 Å². The molecule has 1 aliphatic rings. The van der Waals surface area contributed by atoms with E-state index in [-0.39, 0.29) is 12.3 Å². The van der Waals surface area contributed by atoms with Crippen molar-refractivity contribution in [1.82, 2.24) is 5.43 Å². The van der Waals surface area contributed by atoms with Crippen molar-refractivity contribution in [2.45, 2.75) is 19.9 Å². The summed E-state index contributed by atoms with van der Waals surface area (Å²) in [6.07, 6.45) is 0. The number of halogens is 2. The molecular weight excluding hydrogens is 457 g/mol. The number of carbonyl (C=O) groups excluding carboxylic acids is 3. The van der Waals surface area contributed by atoms with Gasteiger partial charge in [0.25, 0.3) is 5.91 Å². The van der Waals surface area contributed by atoms with Crippen molar-refractivity contribution in [2.75, 3.05) is 11.5 Å². The second kappa shape index (κ2) is 9.17. The summed E-state index contributed by atoms with van der Waals surface area (Å²) in [5, 5.41) is 3.92. The fraction of sp³-hybridized carbons (Fsp3) is 0.238. The number of nitrogens with one attached hydrogen (secondary N) is 1. The van der Waals surface area contributed by atoms with Crippen LogP contribution in [0.25, 0.3) is 0 Å². The first kappa shape index (κ1) is 21.6. The van der Waals surface area contributed by atoms with Crippen LogP contribution in [0.3, 0.4) is 0 Å². The second-order valence-corrected chi connectivity index (χ2v) is 7.46. The molecule has 2 unspecified atom stereocenters. The van der Waals surface area contributed by atoms with Crippen molar-refractivity contribution in [3.05, 3.63) is 64.4 Å². The summed E-state index contributed by atoms with van der Waals surface area (Å²) in [7, 11) is 0. The van der Waals surface area contributed by atoms with E-state index in [9.17, 15) is 18.8 Å². The van der Waals surface area contributed by atoms with E-state index in [2.05, 4.69) is 26.5 Å². The van der Waals surface area contributed by atoms with Crippen LogP contribution < -0.4 is 10.3 Å². The van der Waals surface area contributed by atoms with Gasteiger partial charge in [-0.05, 0) is 48.9 Å². The maximum absolute atomic E-state index is 13.5. The fourth-order valence-electron chi connectivity index (χ4n) is 3.29. The highest BCUT2D eigenvalue weighted by Gasteiger charge is 2.51. The number of rotatable bonds is 5. The average molecular weight is 476 g/mol. The summed E-state index contributed by atoms with van der Waals surface area (Å²) in [5.74, 6) is -3.27. The lowest BCUT2D eigenvalue weighted by atomic mass is 9.92. The molecule has 1 N–H and O–H groups in total. The molecule has 1 fully saturated rings. The van der Waals surface area contributed by atoms with Crippen LogP contribution in [0.2, 0.25) is 0 Å². The van der Waals surface area contributed by atoms with Crippen LogP contribution in [-0.2, 0) is 19.1 Å². The molecule has 2 aromatic rings. The van der Waals surface area contributed by atoms with E-state index in [1.54, 1.807) is 31.2 Å². The Balaban J connectivity index is 2.19. The van der Waals surface area contributed by atoms with Gasteiger partial charge in [-0.15, -0.1) is 0 Å². The monoisotopic (exact) mass is 475 g/mol. The quantitative estimate of drug-likeness (QED) is 0.530. The molecule has 1 saturated heterocycles. The number of hydrogen-bond acceptors (Lipinski definition) is 5. The summed E-state index contributed by atoms with van der Waals surface area (Å²) < 4.78 is 19.5. The van der Waals surface area contributed by atoms with Crippen LogP contribution in [0.15, 0.2) is 58.1 Å². The molecule has 2 amide bonds. The maximum Gasteiger partial charge on any atom is 0.317 e. The molecule has 1 heterocycles. The number of esters is 1. The van der Waals surface area contributed by atoms with Crippen LogP contribution in [0.5, 0.6) is 0 Å². The topological polar surface area (TPSA) is 88.1 Å². The Bertz CT molecular complexity index is 992. The highest BCUT2D eigenvalue weighted by Crippen LogP contribution is 2.41. The second-order valence-electron chi connectivity index (χ2n) is 6.54. The van der Waals surface area contributed by atoms with E-state index in [1.165, 1.54) is 36.1 Å². The van der Waals surface area contributed by atoms with Crippen molar-refractivity contribution in [1.29, 1.82) is 0 Å². The molecule has 30 heavy (non-hydrogen) atoms. The SMILES string of the molecule is CCOC(=O)C1/C(=N\NC(C)=O)C(=O)N(c2ccc(Br)cc2)C1c1ccc(F)cc1. The van der Waals surface area contributed by atoms with Crippen molar-refractivity contribution < 1.29 is 23.5 Å². The number of hydrazone groups is 1. The molecule has 2 aromatic carbocycles. The van der Waals surface area contributed by atoms with E-state index < -0.39 is 35.6 Å². The summed E-state index contributed by atoms with van der Waals surface area (Å²) in [5.41, 5.74) is 3.12. The standard InChI is InChI=1S/C21H19BrFN3O4/c1-3-30-21(29)17-18(25-24-12(2)27)20(28)26(16-10-6-14(22)7-11-16)19(17)13-4-8-15(23)9-5-13/h4-11,17,19H,3H2,1-2H3,(H,24,27)/b25-18+. The first-order chi connectivity index (χ1) is 14.3. The minimum Gasteiger partial charge on any atom is -0.465 e. The lowest BCUT2D eigenvalue weighted by Gasteiger charge is -2.27. The molecule has 156 valence electrons. The zero-order chi connectivity index (χ0) is 21.8. The Hall–Kier alpha value is -3.07. The van der Waals surface area contributed by atoms with Gasteiger partial charge in [0.1, 0.15) is 17.4 Å². The number of hydrogen-bond donors (Lipinski definition) is 1. The minimum atomic E-state index is -1.11. The Kier molecular flexibility index (Phi) is 6.61. The average Bonchev–Trinajstić information content (AvgIpc) is 3.00. The number of amides is 2. The van der Waals surface area contributed by atoms with Crippen molar-refractivity contribution in [3.8, 4) is 0 Å². The molecule has 9 heteroatoms. The van der Waals surface area contributed by atoms with Crippen LogP contribution >= 0.6 is 15.9 Å². The number of anilines is 1. The smallest absolute Gasteiger partial charge is 0.317 e. The number of benzene rings is 2. The molecule has 0 aromatic heterocycles. The minimum absolute atomic E-state index is 0.103. The summed E-state index contributed by atoms with van der Waals surface area (Å²) in [4.78, 5) is 39.0. The van der Waals surface area contributed by atoms with Crippen LogP contribution in [0.4, 0.5) is 10.1 Å². The van der Waals surface area contributed by atoms with Crippen LogP contribution in [0, 0.1) is 11.7 Å². The summed E-state index contributed by atoms with van der Waals surface area (Å²) in [6.45, 7) is 3.00. The van der Waals surface area contributed by atoms with Gasteiger partial charge in [-0.2, -0.15) is 5.10 Å². The highest BCUT2D eigenvalue weighted by molar-refractivity contribution is 9.10. The summed E-state index contributed by atoms with van der Waals surface area (Å²) >= 11 is 3.36. The van der Waals surface area contributed by atoms with Crippen molar-refractivity contribution >= 4 is 45.1 Å². The van der Waals surface area contributed by atoms with Gasteiger partial charge in [-0.25, -0.2) is 9.82 Å². The highest BCUT2D eigenvalue weighted by atomic mass is 79.9. The van der Waals surface area contributed by atoms with Gasteiger partial charge in [0.15, 0.2) is 0 Å². The van der Waals surface area contributed by atoms with E-state index in [0.29, 0.717) is 11.3 Å². The molecule has 0 bridgehead atoms. The lowest BCUT2D eigenvalue weighted by Crippen LogP contribution is -2.31. The van der Waals surface area contributed by atoms with Crippen molar-refractivity contribution in [3.63, 3.8) is 0 Å². The molecule has 3 rings (SSSR count). The lowest BCUT2D eigenvalue weighted by molar-refractivity contribution is -0.146. The third kappa shape index (κ3) is 4.40. The molecule has 0 spiro atoms. The van der Waals surface area contributed by atoms with Gasteiger partial charge < -0.3 is 4.74 Å². The molecule has 7 nitrogen and oxygen atoms in total. The van der Waals surface area contributed by atoms with E-state index in [0.717, 1.165) is 4.47 Å². The molecule has 0 radical (unpaired) electrons. The first-order valence-corrected chi connectivity index (χ1v) is 9.98. The van der Waals surface area contributed by atoms with Gasteiger partial charge in [0, 0.05) is 17.1 Å². The predicted molar refractivity (Wildman–Crippen MR) is 112 cm³/mol. The number of carbonyl (C=O) groups is 3. The van der Waals surface area contributed by atoms with E-state index in [4.69, 9.17) is 4.74 Å². The fourth-order valence-corrected chi connectivity index (χ4v) is 3.56. The molecular formula is C21H19BrFN3O4. The molecule has 1 aliphatic heterocycles. The van der Waals surface area contributed by atoms with Gasteiger partial charge >= 0.3 is 5.97 Å². The van der Waals surface area contributed by atoms with Crippen LogP contribution in [-0.4, -0.2) is 30.1 Å². The van der Waals surface area contributed by atoms with Crippen LogP contribution in [0.1, 0.15) is 25.5 Å². The number of nitrogens with zero attached hydrogens (tertiary/aromatic N) is 2. The Morgan fingerprint density at radius 2 is 1.80 bits per heavy atom. The van der Waals surface area contributed by atoms with Gasteiger partial charge in [0.05, 0.1) is 12.6 Å². The largest absolute Gasteiger partial charge is 0.465 e. The Morgan fingerprint density at radius 3 is 2.37 bits per heavy atom. The van der Waals surface area contributed by atoms with Crippen molar-refractivity contribution in [2.24, 2.45) is 11.0 Å². The zero-order valence-electron chi connectivity index (χ0n) is 16.3. The number of ether oxygens (including phenoxy) is 1. The Labute approximate surface area is 181 Å². The molecule has 2 atom stereocenters. The molecule has 0 aliphatic carbocycles. The third-order valence-electron chi connectivity index (χ3n) is 4.52. The normalized spacial score (nSPS) is 19.8. The summed E-state index contributed by atoms with van der Waals surface area (Å²) in [6, 6.07) is 11.6. The van der Waals surface area contributed by atoms with Gasteiger partial charge in [0.2, 0.25) is 5.91 Å². The third-order valence-corrected chi connectivity index (χ3v) is 5.05. The maximum atomic E-state index is 13.5. The predicted octanol–water partition coefficient (Wildman–Crippen LogP) is 3.35. The van der Waals surface area contributed by atoms with E-state index in [1.807, 2.05) is 0 Å². The van der Waals surface area contributed by atoms with E-state index >= 15 is 0 Å².